The number of para-hydroxylation sites is 1. The van der Waals surface area contributed by atoms with E-state index in [9.17, 15) is 5.11 Å². The van der Waals surface area contributed by atoms with Gasteiger partial charge in [0.25, 0.3) is 0 Å². The minimum atomic E-state index is -0.826. The van der Waals surface area contributed by atoms with Crippen molar-refractivity contribution in [3.8, 4) is 16.9 Å². The molecule has 5 heteroatoms. The van der Waals surface area contributed by atoms with Crippen molar-refractivity contribution in [2.45, 2.75) is 12.3 Å². The Morgan fingerprint density at radius 3 is 1.61 bits per heavy atom. The molecule has 5 rings (SSSR count). The van der Waals surface area contributed by atoms with Gasteiger partial charge < -0.3 is 5.11 Å². The third kappa shape index (κ3) is 6.53. The van der Waals surface area contributed by atoms with Gasteiger partial charge in [-0.2, -0.15) is 0 Å². The van der Waals surface area contributed by atoms with Crippen molar-refractivity contribution in [3.63, 3.8) is 0 Å². The number of phenols is 1. The summed E-state index contributed by atoms with van der Waals surface area (Å²) < 4.78 is 0. The molecule has 0 aliphatic rings. The number of hydrogen-bond donors (Lipinski definition) is 1. The molecule has 0 saturated heterocycles. The molecule has 188 valence electrons. The first-order chi connectivity index (χ1) is 18.6. The SMILES string of the molecule is CC(c1ccccc1)(c1ccccc1)c1cc(-c2ccccc2)cc(C=Nc2ccccc2)c1O.[Cl][Zr][Cl]. The number of rotatable bonds is 6. The Kier molecular flexibility index (Phi) is 10.1. The van der Waals surface area contributed by atoms with Gasteiger partial charge in [-0.1, -0.05) is 109 Å². The first-order valence-corrected chi connectivity index (χ1v) is 18.5. The van der Waals surface area contributed by atoms with Crippen LogP contribution in [-0.4, -0.2) is 11.3 Å². The molecule has 5 aromatic rings. The van der Waals surface area contributed by atoms with Gasteiger partial charge in [0.15, 0.2) is 0 Å². The first kappa shape index (κ1) is 28.1. The maximum atomic E-state index is 11.7. The van der Waals surface area contributed by atoms with E-state index in [2.05, 4.69) is 54.4 Å². The molecule has 0 aliphatic carbocycles. The van der Waals surface area contributed by atoms with Crippen molar-refractivity contribution < 1.29 is 26.0 Å². The van der Waals surface area contributed by atoms with E-state index in [0.717, 1.165) is 33.5 Å². The second kappa shape index (κ2) is 13.7. The maximum absolute atomic E-state index is 11.7. The summed E-state index contributed by atoms with van der Waals surface area (Å²) in [5.41, 5.74) is 6.13. The van der Waals surface area contributed by atoms with Crippen LogP contribution >= 0.6 is 17.0 Å². The van der Waals surface area contributed by atoms with E-state index in [1.807, 2.05) is 91.0 Å². The van der Waals surface area contributed by atoms with E-state index >= 15 is 0 Å². The summed E-state index contributed by atoms with van der Waals surface area (Å²) in [7, 11) is 9.87. The molecule has 1 N–H and O–H groups in total. The molecule has 0 saturated carbocycles. The molecule has 0 spiro atoms. The van der Waals surface area contributed by atoms with Crippen molar-refractivity contribution in [1.29, 1.82) is 0 Å². The number of nitrogens with zero attached hydrogens (tertiary/aromatic N) is 1. The zero-order valence-electron chi connectivity index (χ0n) is 20.9. The molecule has 0 aliphatic heterocycles. The van der Waals surface area contributed by atoms with Crippen LogP contribution in [0.5, 0.6) is 5.75 Å². The van der Waals surface area contributed by atoms with E-state index in [0.29, 0.717) is 5.56 Å². The van der Waals surface area contributed by atoms with Gasteiger partial charge in [0.05, 0.1) is 5.69 Å². The van der Waals surface area contributed by atoms with Crippen molar-refractivity contribution in [2.24, 2.45) is 4.99 Å². The molecule has 2 nitrogen and oxygen atoms in total. The minimum absolute atomic E-state index is 0.236. The summed E-state index contributed by atoms with van der Waals surface area (Å²) in [5.74, 6) is 0.236. The summed E-state index contributed by atoms with van der Waals surface area (Å²) in [6.07, 6.45) is 1.76. The van der Waals surface area contributed by atoms with Gasteiger partial charge in [0, 0.05) is 22.8 Å². The summed E-state index contributed by atoms with van der Waals surface area (Å²) in [6.45, 7) is 2.18. The molecular weight excluding hydrogens is 588 g/mol. The molecule has 0 amide bonds. The summed E-state index contributed by atoms with van der Waals surface area (Å²) in [4.78, 5) is 4.66. The molecule has 0 aromatic heterocycles. The number of aliphatic imine (C=N–C) groups is 1. The van der Waals surface area contributed by atoms with Crippen molar-refractivity contribution >= 4 is 28.9 Å². The van der Waals surface area contributed by atoms with E-state index < -0.39 is 26.3 Å². The fourth-order valence-corrected chi connectivity index (χ4v) is 4.61. The second-order valence-corrected chi connectivity index (χ2v) is 12.6. The monoisotopic (exact) mass is 613 g/mol. The predicted octanol–water partition coefficient (Wildman–Crippen LogP) is 9.54. The fraction of sp³-hybridized carbons (Fsp3) is 0.0606. The van der Waals surface area contributed by atoms with Gasteiger partial charge >= 0.3 is 37.9 Å². The van der Waals surface area contributed by atoms with Crippen LogP contribution in [0.3, 0.4) is 0 Å². The Labute approximate surface area is 243 Å². The summed E-state index contributed by atoms with van der Waals surface area (Å²) in [6, 6.07) is 44.9. The fourth-order valence-electron chi connectivity index (χ4n) is 4.61. The van der Waals surface area contributed by atoms with Crippen molar-refractivity contribution in [3.05, 3.63) is 156 Å². The molecule has 5 aromatic carbocycles. The zero-order valence-corrected chi connectivity index (χ0v) is 24.9. The van der Waals surface area contributed by atoms with Gasteiger partial charge in [-0.3, -0.25) is 4.99 Å². The van der Waals surface area contributed by atoms with E-state index in [4.69, 9.17) is 17.0 Å². The molecule has 0 bridgehead atoms. The first-order valence-electron chi connectivity index (χ1n) is 12.2. The van der Waals surface area contributed by atoms with Crippen LogP contribution in [0.15, 0.2) is 138 Å². The number of aromatic hydroxyl groups is 1. The molecule has 0 radical (unpaired) electrons. The molecule has 38 heavy (non-hydrogen) atoms. The van der Waals surface area contributed by atoms with Crippen molar-refractivity contribution in [2.75, 3.05) is 0 Å². The van der Waals surface area contributed by atoms with E-state index in [-0.39, 0.29) is 5.75 Å². The van der Waals surface area contributed by atoms with Crippen LogP contribution in [0.25, 0.3) is 11.1 Å². The Balaban J connectivity index is 0.00000107. The predicted molar refractivity (Wildman–Crippen MR) is 157 cm³/mol. The summed E-state index contributed by atoms with van der Waals surface area (Å²) >= 11 is -0.826. The number of hydrogen-bond acceptors (Lipinski definition) is 2. The van der Waals surface area contributed by atoms with Crippen molar-refractivity contribution in [1.82, 2.24) is 0 Å². The quantitative estimate of drug-likeness (QED) is 0.150. The Hall–Kier alpha value is -2.97. The topological polar surface area (TPSA) is 32.6 Å². The zero-order chi connectivity index (χ0) is 26.8. The van der Waals surface area contributed by atoms with E-state index in [1.165, 1.54) is 0 Å². The van der Waals surface area contributed by atoms with Crippen LogP contribution in [0, 0.1) is 0 Å². The number of benzene rings is 5. The standard InChI is InChI=1S/C33H27NO.2ClH.Zr/c1-33(28-16-8-3-9-17-28,29-18-10-4-11-19-29)31-23-26(25-14-6-2-7-15-25)22-27(32(31)35)24-34-30-20-12-5-13-21-30;;;/h2-24,35H,1H3;2*1H;/q;;;+2/p-2. The van der Waals surface area contributed by atoms with E-state index in [1.54, 1.807) is 6.21 Å². The average Bonchev–Trinajstić information content (AvgIpc) is 2.98. The van der Waals surface area contributed by atoms with Gasteiger partial charge in [-0.25, -0.2) is 0 Å². The normalized spacial score (nSPS) is 11.0. The Morgan fingerprint density at radius 1 is 0.658 bits per heavy atom. The van der Waals surface area contributed by atoms with Gasteiger partial charge in [0.1, 0.15) is 5.75 Å². The number of phenolic OH excluding ortho intramolecular Hbond substituents is 1. The molecule has 0 atom stereocenters. The van der Waals surface area contributed by atoms with Gasteiger partial charge in [-0.15, -0.1) is 0 Å². The number of halogens is 2. The third-order valence-corrected chi connectivity index (χ3v) is 6.60. The van der Waals surface area contributed by atoms with Crippen LogP contribution < -0.4 is 0 Å². The van der Waals surface area contributed by atoms with Gasteiger partial charge in [-0.05, 0) is 53.4 Å². The average molecular weight is 616 g/mol. The summed E-state index contributed by atoms with van der Waals surface area (Å²) in [5, 5.41) is 11.7. The Morgan fingerprint density at radius 2 is 1.11 bits per heavy atom. The van der Waals surface area contributed by atoms with Crippen LogP contribution in [-0.2, 0) is 26.3 Å². The molecule has 0 unspecified atom stereocenters. The third-order valence-electron chi connectivity index (χ3n) is 6.60. The Bertz CT molecular complexity index is 1420. The molecule has 0 heterocycles. The van der Waals surface area contributed by atoms with Crippen LogP contribution in [0.1, 0.15) is 29.2 Å². The van der Waals surface area contributed by atoms with Gasteiger partial charge in [0.2, 0.25) is 0 Å². The van der Waals surface area contributed by atoms with Crippen LogP contribution in [0.4, 0.5) is 5.69 Å². The second-order valence-electron chi connectivity index (χ2n) is 8.85. The van der Waals surface area contributed by atoms with Crippen LogP contribution in [0.2, 0.25) is 0 Å². The molecule has 0 fully saturated rings. The molecular formula is C33H27Cl2NOZr.